The first-order valence-corrected chi connectivity index (χ1v) is 10.5. The third-order valence-electron chi connectivity index (χ3n) is 4.01. The smallest absolute Gasteiger partial charge is 0.244 e. The number of amides is 1. The van der Waals surface area contributed by atoms with E-state index in [0.717, 1.165) is 32.5 Å². The highest BCUT2D eigenvalue weighted by Gasteiger charge is 2.11. The number of carbonyl (C=O) groups excluding carboxylic acids is 1. The Hall–Kier alpha value is -3.03. The molecule has 0 saturated heterocycles. The summed E-state index contributed by atoms with van der Waals surface area (Å²) in [6.45, 7) is 2.38. The van der Waals surface area contributed by atoms with Gasteiger partial charge in [-0.15, -0.1) is 22.7 Å². The minimum atomic E-state index is -0.155. The van der Waals surface area contributed by atoms with Crippen LogP contribution < -0.4 is 5.32 Å². The number of nitrogens with one attached hydrogen (secondary N) is 1. The average molecular weight is 407 g/mol. The minimum absolute atomic E-state index is 0.155. The van der Waals surface area contributed by atoms with Crippen molar-refractivity contribution >= 4 is 34.7 Å². The van der Waals surface area contributed by atoms with Gasteiger partial charge in [0.2, 0.25) is 5.91 Å². The van der Waals surface area contributed by atoms with Gasteiger partial charge in [0.15, 0.2) is 0 Å². The van der Waals surface area contributed by atoms with Crippen LogP contribution in [0, 0.1) is 6.92 Å². The Kier molecular flexibility index (Phi) is 5.45. The standard InChI is InChI=1S/C21H18N4OS2/c1-15-14-28-20(23-15)12-22-19(26)10-9-16-13-25(17-6-3-2-4-7-17)24-21(16)18-8-5-11-27-18/h2-11,13-14H,12H2,1H3,(H,22,26)/b10-9+. The molecule has 5 nitrogen and oxygen atoms in total. The number of hydrogen-bond acceptors (Lipinski definition) is 5. The van der Waals surface area contributed by atoms with E-state index in [1.165, 1.54) is 0 Å². The monoisotopic (exact) mass is 406 g/mol. The number of benzene rings is 1. The molecular formula is C21H18N4OS2. The minimum Gasteiger partial charge on any atom is -0.346 e. The van der Waals surface area contributed by atoms with Crippen molar-refractivity contribution in [3.05, 3.63) is 81.8 Å². The molecule has 0 saturated carbocycles. The second-order valence-corrected chi connectivity index (χ2v) is 8.01. The fourth-order valence-electron chi connectivity index (χ4n) is 2.70. The molecule has 0 aliphatic heterocycles. The molecule has 4 aromatic rings. The molecule has 7 heteroatoms. The summed E-state index contributed by atoms with van der Waals surface area (Å²) >= 11 is 3.17. The van der Waals surface area contributed by atoms with Crippen molar-refractivity contribution in [2.75, 3.05) is 0 Å². The maximum atomic E-state index is 12.2. The molecule has 3 aromatic heterocycles. The van der Waals surface area contributed by atoms with Crippen LogP contribution in [-0.2, 0) is 11.3 Å². The van der Waals surface area contributed by atoms with Crippen molar-refractivity contribution in [2.45, 2.75) is 13.5 Å². The van der Waals surface area contributed by atoms with Crippen LogP contribution in [0.4, 0.5) is 0 Å². The first-order chi connectivity index (χ1) is 13.7. The van der Waals surface area contributed by atoms with E-state index in [2.05, 4.69) is 10.3 Å². The molecular weight excluding hydrogens is 388 g/mol. The Morgan fingerprint density at radius 1 is 1.18 bits per heavy atom. The van der Waals surface area contributed by atoms with Crippen molar-refractivity contribution < 1.29 is 4.79 Å². The van der Waals surface area contributed by atoms with Crippen LogP contribution in [0.25, 0.3) is 22.3 Å². The van der Waals surface area contributed by atoms with E-state index >= 15 is 0 Å². The first-order valence-electron chi connectivity index (χ1n) is 8.75. The average Bonchev–Trinajstić information content (AvgIpc) is 3.46. The van der Waals surface area contributed by atoms with Crippen LogP contribution >= 0.6 is 22.7 Å². The van der Waals surface area contributed by atoms with E-state index in [0.29, 0.717) is 6.54 Å². The number of hydrogen-bond donors (Lipinski definition) is 1. The summed E-state index contributed by atoms with van der Waals surface area (Å²) < 4.78 is 1.84. The molecule has 0 unspecified atom stereocenters. The topological polar surface area (TPSA) is 59.8 Å². The number of thiophene rings is 1. The van der Waals surface area contributed by atoms with E-state index in [4.69, 9.17) is 5.10 Å². The molecule has 1 amide bonds. The van der Waals surface area contributed by atoms with Crippen LogP contribution in [0.5, 0.6) is 0 Å². The molecule has 0 atom stereocenters. The lowest BCUT2D eigenvalue weighted by Gasteiger charge is -1.99. The zero-order valence-corrected chi connectivity index (χ0v) is 16.8. The number of aromatic nitrogens is 3. The zero-order valence-electron chi connectivity index (χ0n) is 15.2. The summed E-state index contributed by atoms with van der Waals surface area (Å²) in [6.07, 6.45) is 5.30. The fourth-order valence-corrected chi connectivity index (χ4v) is 4.14. The Labute approximate surface area is 171 Å². The fraction of sp³-hybridized carbons (Fsp3) is 0.0952. The van der Waals surface area contributed by atoms with E-state index in [-0.39, 0.29) is 5.91 Å². The summed E-state index contributed by atoms with van der Waals surface area (Å²) in [7, 11) is 0. The summed E-state index contributed by atoms with van der Waals surface area (Å²) in [5, 5.41) is 12.5. The number of para-hydroxylation sites is 1. The lowest BCUT2D eigenvalue weighted by molar-refractivity contribution is -0.116. The SMILES string of the molecule is Cc1csc(CNC(=O)/C=C/c2cn(-c3ccccc3)nc2-c2cccs2)n1. The molecule has 0 spiro atoms. The van der Waals surface area contributed by atoms with Gasteiger partial charge in [-0.1, -0.05) is 24.3 Å². The predicted octanol–water partition coefficient (Wildman–Crippen LogP) is 4.70. The molecule has 4 rings (SSSR count). The van der Waals surface area contributed by atoms with Gasteiger partial charge in [-0.05, 0) is 36.6 Å². The molecule has 28 heavy (non-hydrogen) atoms. The van der Waals surface area contributed by atoms with Gasteiger partial charge in [0.1, 0.15) is 10.7 Å². The highest BCUT2D eigenvalue weighted by molar-refractivity contribution is 7.13. The quantitative estimate of drug-likeness (QED) is 0.472. The van der Waals surface area contributed by atoms with Gasteiger partial charge in [0, 0.05) is 28.9 Å². The van der Waals surface area contributed by atoms with Crippen molar-refractivity contribution in [3.63, 3.8) is 0 Å². The molecule has 1 aromatic carbocycles. The Morgan fingerprint density at radius 3 is 2.75 bits per heavy atom. The number of rotatable bonds is 6. The van der Waals surface area contributed by atoms with Crippen LogP contribution in [0.1, 0.15) is 16.3 Å². The molecule has 0 aliphatic carbocycles. The number of nitrogens with zero attached hydrogens (tertiary/aromatic N) is 3. The largest absolute Gasteiger partial charge is 0.346 e. The van der Waals surface area contributed by atoms with Gasteiger partial charge in [-0.2, -0.15) is 5.10 Å². The molecule has 1 N–H and O–H groups in total. The molecule has 140 valence electrons. The molecule has 3 heterocycles. The molecule has 0 radical (unpaired) electrons. The highest BCUT2D eigenvalue weighted by Crippen LogP contribution is 2.28. The van der Waals surface area contributed by atoms with Gasteiger partial charge < -0.3 is 5.32 Å². The predicted molar refractivity (Wildman–Crippen MR) is 115 cm³/mol. The Morgan fingerprint density at radius 2 is 2.04 bits per heavy atom. The molecule has 0 bridgehead atoms. The maximum Gasteiger partial charge on any atom is 0.244 e. The second-order valence-electron chi connectivity index (χ2n) is 6.12. The van der Waals surface area contributed by atoms with Gasteiger partial charge in [0.05, 0.1) is 17.1 Å². The van der Waals surface area contributed by atoms with Gasteiger partial charge in [-0.3, -0.25) is 4.79 Å². The zero-order chi connectivity index (χ0) is 19.3. The molecule has 0 aliphatic rings. The summed E-state index contributed by atoms with van der Waals surface area (Å²) in [5.74, 6) is -0.155. The van der Waals surface area contributed by atoms with Crippen molar-refractivity contribution in [1.29, 1.82) is 0 Å². The Bertz CT molecular complexity index is 1090. The maximum absolute atomic E-state index is 12.2. The lowest BCUT2D eigenvalue weighted by atomic mass is 10.2. The third-order valence-corrected chi connectivity index (χ3v) is 5.86. The summed E-state index contributed by atoms with van der Waals surface area (Å²) in [5.41, 5.74) is 3.70. The lowest BCUT2D eigenvalue weighted by Crippen LogP contribution is -2.20. The van der Waals surface area contributed by atoms with Gasteiger partial charge in [0.25, 0.3) is 0 Å². The first kappa shape index (κ1) is 18.3. The second kappa shape index (κ2) is 8.33. The van der Waals surface area contributed by atoms with Crippen LogP contribution in [-0.4, -0.2) is 20.7 Å². The van der Waals surface area contributed by atoms with Crippen LogP contribution in [0.3, 0.4) is 0 Å². The van der Waals surface area contributed by atoms with Gasteiger partial charge >= 0.3 is 0 Å². The number of aryl methyl sites for hydroxylation is 1. The van der Waals surface area contributed by atoms with Crippen molar-refractivity contribution in [2.24, 2.45) is 0 Å². The number of carbonyl (C=O) groups is 1. The Balaban J connectivity index is 1.55. The van der Waals surface area contributed by atoms with Crippen LogP contribution in [0.15, 0.2) is 65.5 Å². The van der Waals surface area contributed by atoms with E-state index in [1.807, 2.05) is 77.1 Å². The van der Waals surface area contributed by atoms with E-state index in [9.17, 15) is 4.79 Å². The third kappa shape index (κ3) is 4.27. The summed E-state index contributed by atoms with van der Waals surface area (Å²) in [6, 6.07) is 14.0. The normalized spacial score (nSPS) is 11.2. The number of thiazole rings is 1. The van der Waals surface area contributed by atoms with E-state index < -0.39 is 0 Å². The molecule has 0 fully saturated rings. The van der Waals surface area contributed by atoms with Crippen LogP contribution in [0.2, 0.25) is 0 Å². The van der Waals surface area contributed by atoms with Crippen molar-refractivity contribution in [3.8, 4) is 16.3 Å². The van der Waals surface area contributed by atoms with Gasteiger partial charge in [-0.25, -0.2) is 9.67 Å². The van der Waals surface area contributed by atoms with E-state index in [1.54, 1.807) is 28.7 Å². The van der Waals surface area contributed by atoms with Crippen molar-refractivity contribution in [1.82, 2.24) is 20.1 Å². The highest BCUT2D eigenvalue weighted by atomic mass is 32.1. The summed E-state index contributed by atoms with van der Waals surface area (Å²) in [4.78, 5) is 17.6.